The largest absolute Gasteiger partial charge is 0.478 e. The highest BCUT2D eigenvalue weighted by atomic mass is 32.2. The standard InChI is InChI=1S/C13H18N2O4S/c1-2-10-9-11(5-6-12(10)13(16)17)14-20(18,19)15-7-3-4-8-15/h5-6,9,14H,2-4,7-8H2,1H3,(H,16,17). The third kappa shape index (κ3) is 3.10. The SMILES string of the molecule is CCc1cc(NS(=O)(=O)N2CCCC2)ccc1C(=O)O. The van der Waals surface area contributed by atoms with Gasteiger partial charge in [0.25, 0.3) is 0 Å². The van der Waals surface area contributed by atoms with Crippen LogP contribution >= 0.6 is 0 Å². The van der Waals surface area contributed by atoms with E-state index >= 15 is 0 Å². The van der Waals surface area contributed by atoms with Gasteiger partial charge in [-0.05, 0) is 43.0 Å². The molecule has 1 fully saturated rings. The van der Waals surface area contributed by atoms with Gasteiger partial charge >= 0.3 is 16.2 Å². The van der Waals surface area contributed by atoms with Crippen molar-refractivity contribution in [2.75, 3.05) is 17.8 Å². The molecular formula is C13H18N2O4S. The van der Waals surface area contributed by atoms with Crippen LogP contribution in [0.4, 0.5) is 5.69 Å². The number of carbonyl (C=O) groups is 1. The molecule has 1 aliphatic rings. The molecule has 1 aromatic rings. The average Bonchev–Trinajstić information content (AvgIpc) is 2.92. The minimum absolute atomic E-state index is 0.205. The van der Waals surface area contributed by atoms with Crippen molar-refractivity contribution in [3.05, 3.63) is 29.3 Å². The molecular weight excluding hydrogens is 280 g/mol. The maximum Gasteiger partial charge on any atom is 0.335 e. The van der Waals surface area contributed by atoms with E-state index in [2.05, 4.69) is 4.72 Å². The number of hydrogen-bond donors (Lipinski definition) is 2. The zero-order valence-corrected chi connectivity index (χ0v) is 12.1. The Bertz CT molecular complexity index is 607. The number of nitrogens with zero attached hydrogens (tertiary/aromatic N) is 1. The van der Waals surface area contributed by atoms with Crippen LogP contribution in [0.25, 0.3) is 0 Å². The van der Waals surface area contributed by atoms with Crippen LogP contribution in [0.5, 0.6) is 0 Å². The van der Waals surface area contributed by atoms with Gasteiger partial charge < -0.3 is 5.11 Å². The third-order valence-corrected chi connectivity index (χ3v) is 4.91. The van der Waals surface area contributed by atoms with Crippen molar-refractivity contribution in [1.29, 1.82) is 0 Å². The number of nitrogens with one attached hydrogen (secondary N) is 1. The number of carboxylic acids is 1. The Morgan fingerprint density at radius 3 is 2.55 bits per heavy atom. The highest BCUT2D eigenvalue weighted by Crippen LogP contribution is 2.20. The molecule has 0 unspecified atom stereocenters. The van der Waals surface area contributed by atoms with E-state index in [1.165, 1.54) is 16.4 Å². The Morgan fingerprint density at radius 2 is 2.00 bits per heavy atom. The molecule has 1 aromatic carbocycles. The summed E-state index contributed by atoms with van der Waals surface area (Å²) in [4.78, 5) is 11.0. The van der Waals surface area contributed by atoms with E-state index in [0.29, 0.717) is 30.8 Å². The number of anilines is 1. The molecule has 0 aromatic heterocycles. The summed E-state index contributed by atoms with van der Waals surface area (Å²) < 4.78 is 28.2. The summed E-state index contributed by atoms with van der Waals surface area (Å²) in [5.41, 5.74) is 1.22. The minimum Gasteiger partial charge on any atom is -0.478 e. The zero-order valence-electron chi connectivity index (χ0n) is 11.3. The number of aromatic carboxylic acids is 1. The predicted octanol–water partition coefficient (Wildman–Crippen LogP) is 1.70. The van der Waals surface area contributed by atoms with Crippen LogP contribution in [0.3, 0.4) is 0 Å². The summed E-state index contributed by atoms with van der Waals surface area (Å²) in [7, 11) is -3.54. The first-order valence-corrected chi connectivity index (χ1v) is 8.02. The maximum absolute atomic E-state index is 12.1. The van der Waals surface area contributed by atoms with Gasteiger partial charge in [0.15, 0.2) is 0 Å². The average molecular weight is 298 g/mol. The molecule has 0 spiro atoms. The highest BCUT2D eigenvalue weighted by molar-refractivity contribution is 7.90. The lowest BCUT2D eigenvalue weighted by Crippen LogP contribution is -2.33. The number of hydrogen-bond acceptors (Lipinski definition) is 3. The van der Waals surface area contributed by atoms with Gasteiger partial charge in [-0.2, -0.15) is 12.7 Å². The van der Waals surface area contributed by atoms with Gasteiger partial charge in [-0.15, -0.1) is 0 Å². The molecule has 0 aliphatic carbocycles. The van der Waals surface area contributed by atoms with E-state index in [4.69, 9.17) is 5.11 Å². The summed E-state index contributed by atoms with van der Waals surface area (Å²) in [6, 6.07) is 4.50. The van der Waals surface area contributed by atoms with Gasteiger partial charge in [-0.1, -0.05) is 6.92 Å². The van der Waals surface area contributed by atoms with Gasteiger partial charge in [0.1, 0.15) is 0 Å². The first kappa shape index (κ1) is 14.8. The molecule has 1 saturated heterocycles. The normalized spacial score (nSPS) is 16.2. The Morgan fingerprint density at radius 1 is 1.35 bits per heavy atom. The molecule has 20 heavy (non-hydrogen) atoms. The Kier molecular flexibility index (Phi) is 4.29. The number of benzene rings is 1. The zero-order chi connectivity index (χ0) is 14.8. The molecule has 0 atom stereocenters. The lowest BCUT2D eigenvalue weighted by molar-refractivity contribution is 0.0696. The van der Waals surface area contributed by atoms with Crippen LogP contribution in [0.2, 0.25) is 0 Å². The number of rotatable bonds is 5. The fourth-order valence-electron chi connectivity index (χ4n) is 2.30. The van der Waals surface area contributed by atoms with Crippen molar-refractivity contribution in [1.82, 2.24) is 4.31 Å². The van der Waals surface area contributed by atoms with Crippen molar-refractivity contribution < 1.29 is 18.3 Å². The molecule has 7 heteroatoms. The monoisotopic (exact) mass is 298 g/mol. The van der Waals surface area contributed by atoms with Gasteiger partial charge in [0.05, 0.1) is 11.3 Å². The first-order chi connectivity index (χ1) is 9.44. The Labute approximate surface area is 118 Å². The van der Waals surface area contributed by atoms with Crippen molar-refractivity contribution in [2.45, 2.75) is 26.2 Å². The van der Waals surface area contributed by atoms with Crippen LogP contribution in [-0.4, -0.2) is 36.9 Å². The van der Waals surface area contributed by atoms with Crippen LogP contribution < -0.4 is 4.72 Å². The molecule has 6 nitrogen and oxygen atoms in total. The van der Waals surface area contributed by atoms with Crippen LogP contribution in [0.15, 0.2) is 18.2 Å². The van der Waals surface area contributed by atoms with E-state index in [-0.39, 0.29) is 5.56 Å². The smallest absolute Gasteiger partial charge is 0.335 e. The van der Waals surface area contributed by atoms with Crippen LogP contribution in [0, 0.1) is 0 Å². The highest BCUT2D eigenvalue weighted by Gasteiger charge is 2.25. The van der Waals surface area contributed by atoms with E-state index < -0.39 is 16.2 Å². The number of carboxylic acid groups (broad SMARTS) is 1. The van der Waals surface area contributed by atoms with Crippen molar-refractivity contribution in [3.8, 4) is 0 Å². The minimum atomic E-state index is -3.54. The molecule has 0 radical (unpaired) electrons. The van der Waals surface area contributed by atoms with E-state index in [1.54, 1.807) is 6.07 Å². The predicted molar refractivity (Wildman–Crippen MR) is 76.1 cm³/mol. The second-order valence-electron chi connectivity index (χ2n) is 4.74. The Balaban J connectivity index is 2.23. The summed E-state index contributed by atoms with van der Waals surface area (Å²) in [5, 5.41) is 9.05. The summed E-state index contributed by atoms with van der Waals surface area (Å²) >= 11 is 0. The van der Waals surface area contributed by atoms with Gasteiger partial charge in [-0.25, -0.2) is 4.79 Å². The molecule has 110 valence electrons. The second kappa shape index (κ2) is 5.80. The van der Waals surface area contributed by atoms with Gasteiger partial charge in [-0.3, -0.25) is 4.72 Å². The van der Waals surface area contributed by atoms with Crippen molar-refractivity contribution >= 4 is 21.9 Å². The molecule has 2 rings (SSSR count). The lowest BCUT2D eigenvalue weighted by atomic mass is 10.0. The topological polar surface area (TPSA) is 86.7 Å². The maximum atomic E-state index is 12.1. The number of aryl methyl sites for hydroxylation is 1. The van der Waals surface area contributed by atoms with E-state index in [1.807, 2.05) is 6.92 Å². The second-order valence-corrected chi connectivity index (χ2v) is 6.41. The first-order valence-electron chi connectivity index (χ1n) is 6.58. The fourth-order valence-corrected chi connectivity index (χ4v) is 3.59. The molecule has 1 heterocycles. The Hall–Kier alpha value is -1.60. The van der Waals surface area contributed by atoms with E-state index in [9.17, 15) is 13.2 Å². The molecule has 1 aliphatic heterocycles. The molecule has 0 bridgehead atoms. The van der Waals surface area contributed by atoms with Gasteiger partial charge in [0.2, 0.25) is 0 Å². The quantitative estimate of drug-likeness (QED) is 0.866. The van der Waals surface area contributed by atoms with Crippen LogP contribution in [-0.2, 0) is 16.6 Å². The van der Waals surface area contributed by atoms with Crippen LogP contribution in [0.1, 0.15) is 35.7 Å². The van der Waals surface area contributed by atoms with Crippen molar-refractivity contribution in [3.63, 3.8) is 0 Å². The third-order valence-electron chi connectivity index (χ3n) is 3.37. The summed E-state index contributed by atoms with van der Waals surface area (Å²) in [6.45, 7) is 2.90. The lowest BCUT2D eigenvalue weighted by Gasteiger charge is -2.17. The summed E-state index contributed by atoms with van der Waals surface area (Å²) in [6.07, 6.45) is 2.28. The molecule has 0 saturated carbocycles. The molecule has 0 amide bonds. The van der Waals surface area contributed by atoms with Gasteiger partial charge in [0, 0.05) is 13.1 Å². The van der Waals surface area contributed by atoms with E-state index in [0.717, 1.165) is 12.8 Å². The molecule has 2 N–H and O–H groups in total. The van der Waals surface area contributed by atoms with Crippen molar-refractivity contribution in [2.24, 2.45) is 0 Å². The summed E-state index contributed by atoms with van der Waals surface area (Å²) in [5.74, 6) is -1.00. The fraction of sp³-hybridized carbons (Fsp3) is 0.462.